The maximum absolute atomic E-state index is 12.4. The van der Waals surface area contributed by atoms with Crippen molar-refractivity contribution in [2.75, 3.05) is 6.61 Å². The molecule has 2 rings (SSSR count). The van der Waals surface area contributed by atoms with Crippen LogP contribution in [0.2, 0.25) is 0 Å². The summed E-state index contributed by atoms with van der Waals surface area (Å²) in [4.78, 5) is 24.5. The molecular weight excluding hydrogens is 476 g/mol. The normalized spacial score (nSPS) is 11.0. The van der Waals surface area contributed by atoms with E-state index in [9.17, 15) is 9.59 Å². The summed E-state index contributed by atoms with van der Waals surface area (Å²) in [5, 5.41) is 4.07. The van der Waals surface area contributed by atoms with Crippen LogP contribution < -0.4 is 14.9 Å². The van der Waals surface area contributed by atoms with E-state index in [-0.39, 0.29) is 5.91 Å². The zero-order valence-corrected chi connectivity index (χ0v) is 23.4. The number of carbonyl (C=O) groups excluding carboxylic acids is 2. The summed E-state index contributed by atoms with van der Waals surface area (Å²) in [5.74, 6) is 0.250. The number of amides is 1. The lowest BCUT2D eigenvalue weighted by Crippen LogP contribution is -2.16. The largest absolute Gasteiger partial charge is 0.490 e. The third-order valence-electron chi connectivity index (χ3n) is 6.39. The van der Waals surface area contributed by atoms with Gasteiger partial charge in [0.25, 0.3) is 0 Å². The zero-order valence-electron chi connectivity index (χ0n) is 23.4. The number of carbonyl (C=O) groups is 2. The lowest BCUT2D eigenvalue weighted by molar-refractivity contribution is -0.121. The average Bonchev–Trinajstić information content (AvgIpc) is 2.93. The molecule has 1 amide bonds. The summed E-state index contributed by atoms with van der Waals surface area (Å²) < 4.78 is 11.2. The minimum Gasteiger partial charge on any atom is -0.490 e. The molecule has 2 aromatic carbocycles. The van der Waals surface area contributed by atoms with Gasteiger partial charge >= 0.3 is 5.97 Å². The van der Waals surface area contributed by atoms with Crippen molar-refractivity contribution in [2.45, 2.75) is 104 Å². The Kier molecular flexibility index (Phi) is 16.3. The Hall–Kier alpha value is -3.15. The summed E-state index contributed by atoms with van der Waals surface area (Å²) in [7, 11) is 0. The first-order chi connectivity index (χ1) is 18.6. The van der Waals surface area contributed by atoms with Gasteiger partial charge in [0.05, 0.1) is 18.4 Å². The van der Waals surface area contributed by atoms with E-state index < -0.39 is 5.97 Å². The van der Waals surface area contributed by atoms with Gasteiger partial charge < -0.3 is 9.47 Å². The van der Waals surface area contributed by atoms with E-state index in [1.165, 1.54) is 70.6 Å². The maximum Gasteiger partial charge on any atom is 0.343 e. The topological polar surface area (TPSA) is 77.0 Å². The van der Waals surface area contributed by atoms with Gasteiger partial charge in [0.1, 0.15) is 0 Å². The van der Waals surface area contributed by atoms with E-state index in [0.717, 1.165) is 18.4 Å². The lowest BCUT2D eigenvalue weighted by atomic mass is 10.0. The van der Waals surface area contributed by atoms with Gasteiger partial charge in [-0.05, 0) is 49.2 Å². The Morgan fingerprint density at radius 3 is 1.97 bits per heavy atom. The van der Waals surface area contributed by atoms with E-state index in [4.69, 9.17) is 9.47 Å². The molecule has 6 heteroatoms. The molecular formula is C32H46N2O4. The number of hydrogen-bond acceptors (Lipinski definition) is 5. The number of esters is 1. The molecule has 0 saturated carbocycles. The minimum atomic E-state index is -0.451. The lowest BCUT2D eigenvalue weighted by Gasteiger charge is -2.11. The number of benzene rings is 2. The SMILES string of the molecule is CCCCCCCCCCCCCCCC(=O)NN=Cc1ccc(OC(=O)c2ccccc2)c(OCC)c1. The molecule has 0 fully saturated rings. The molecule has 0 heterocycles. The molecule has 1 N–H and O–H groups in total. The van der Waals surface area contributed by atoms with Gasteiger partial charge in [0, 0.05) is 6.42 Å². The maximum atomic E-state index is 12.4. The van der Waals surface area contributed by atoms with Gasteiger partial charge in [-0.1, -0.05) is 102 Å². The van der Waals surface area contributed by atoms with Gasteiger partial charge in [-0.15, -0.1) is 0 Å². The third kappa shape index (κ3) is 13.4. The van der Waals surface area contributed by atoms with Crippen LogP contribution in [0.15, 0.2) is 53.6 Å². The van der Waals surface area contributed by atoms with Gasteiger partial charge in [-0.3, -0.25) is 4.79 Å². The predicted molar refractivity (Wildman–Crippen MR) is 155 cm³/mol. The minimum absolute atomic E-state index is 0.0808. The number of rotatable bonds is 20. The number of nitrogens with zero attached hydrogens (tertiary/aromatic N) is 1. The second-order valence-electron chi connectivity index (χ2n) is 9.68. The zero-order chi connectivity index (χ0) is 27.3. The molecule has 208 valence electrons. The van der Waals surface area contributed by atoms with Crippen molar-refractivity contribution in [3.63, 3.8) is 0 Å². The average molecular weight is 523 g/mol. The van der Waals surface area contributed by atoms with E-state index in [1.54, 1.807) is 48.7 Å². The van der Waals surface area contributed by atoms with E-state index in [2.05, 4.69) is 17.5 Å². The van der Waals surface area contributed by atoms with Crippen molar-refractivity contribution in [3.8, 4) is 11.5 Å². The molecule has 0 aromatic heterocycles. The molecule has 0 unspecified atom stereocenters. The number of ether oxygens (including phenoxy) is 2. The van der Waals surface area contributed by atoms with Gasteiger partial charge in [0.15, 0.2) is 11.5 Å². The van der Waals surface area contributed by atoms with Crippen LogP contribution in [0.4, 0.5) is 0 Å². The molecule has 0 saturated heterocycles. The molecule has 2 aromatic rings. The first-order valence-electron chi connectivity index (χ1n) is 14.5. The first-order valence-corrected chi connectivity index (χ1v) is 14.5. The van der Waals surface area contributed by atoms with Crippen molar-refractivity contribution in [3.05, 3.63) is 59.7 Å². The van der Waals surface area contributed by atoms with Crippen molar-refractivity contribution >= 4 is 18.1 Å². The summed E-state index contributed by atoms with van der Waals surface area (Å²) in [6, 6.07) is 14.0. The van der Waals surface area contributed by atoms with Crippen LogP contribution in [0.25, 0.3) is 0 Å². The fourth-order valence-electron chi connectivity index (χ4n) is 4.23. The summed E-state index contributed by atoms with van der Waals surface area (Å²) in [5.41, 5.74) is 3.79. The van der Waals surface area contributed by atoms with Crippen LogP contribution in [0, 0.1) is 0 Å². The van der Waals surface area contributed by atoms with Crippen molar-refractivity contribution < 1.29 is 19.1 Å². The number of hydrazone groups is 1. The summed E-state index contributed by atoms with van der Waals surface area (Å²) in [6.45, 7) is 4.54. The number of hydrogen-bond donors (Lipinski definition) is 1. The van der Waals surface area contributed by atoms with Crippen LogP contribution in [0.3, 0.4) is 0 Å². The highest BCUT2D eigenvalue weighted by molar-refractivity contribution is 5.91. The molecule has 0 spiro atoms. The van der Waals surface area contributed by atoms with Crippen LogP contribution >= 0.6 is 0 Å². The molecule has 0 bridgehead atoms. The highest BCUT2D eigenvalue weighted by atomic mass is 16.6. The fraction of sp³-hybridized carbons (Fsp3) is 0.531. The van der Waals surface area contributed by atoms with Crippen LogP contribution in [0.5, 0.6) is 11.5 Å². The highest BCUT2D eigenvalue weighted by Gasteiger charge is 2.13. The second-order valence-corrected chi connectivity index (χ2v) is 9.68. The molecule has 6 nitrogen and oxygen atoms in total. The quantitative estimate of drug-likeness (QED) is 0.0624. The van der Waals surface area contributed by atoms with E-state index in [0.29, 0.717) is 30.1 Å². The first kappa shape index (κ1) is 31.1. The molecule has 0 atom stereocenters. The predicted octanol–water partition coefficient (Wildman–Crippen LogP) is 8.24. The van der Waals surface area contributed by atoms with Crippen LogP contribution in [-0.2, 0) is 4.79 Å². The Labute approximate surface area is 229 Å². The molecule has 0 aliphatic rings. The Bertz CT molecular complexity index is 959. The third-order valence-corrected chi connectivity index (χ3v) is 6.39. The fourth-order valence-corrected chi connectivity index (χ4v) is 4.23. The molecule has 0 aliphatic carbocycles. The highest BCUT2D eigenvalue weighted by Crippen LogP contribution is 2.29. The Morgan fingerprint density at radius 1 is 0.763 bits per heavy atom. The van der Waals surface area contributed by atoms with Gasteiger partial charge in [-0.25, -0.2) is 10.2 Å². The second kappa shape index (κ2) is 19.9. The smallest absolute Gasteiger partial charge is 0.343 e. The van der Waals surface area contributed by atoms with Crippen LogP contribution in [0.1, 0.15) is 120 Å². The molecule has 0 aliphatic heterocycles. The van der Waals surface area contributed by atoms with Gasteiger partial charge in [0.2, 0.25) is 5.91 Å². The monoisotopic (exact) mass is 522 g/mol. The van der Waals surface area contributed by atoms with E-state index in [1.807, 2.05) is 13.0 Å². The number of nitrogens with one attached hydrogen (secondary N) is 1. The summed E-state index contributed by atoms with van der Waals surface area (Å²) in [6.07, 6.45) is 18.7. The van der Waals surface area contributed by atoms with Gasteiger partial charge in [-0.2, -0.15) is 5.10 Å². The molecule has 0 radical (unpaired) electrons. The molecule has 38 heavy (non-hydrogen) atoms. The summed E-state index contributed by atoms with van der Waals surface area (Å²) >= 11 is 0. The number of unbranched alkanes of at least 4 members (excludes halogenated alkanes) is 12. The van der Waals surface area contributed by atoms with Crippen LogP contribution in [-0.4, -0.2) is 24.7 Å². The van der Waals surface area contributed by atoms with Crippen molar-refractivity contribution in [1.82, 2.24) is 5.43 Å². The van der Waals surface area contributed by atoms with Crippen molar-refractivity contribution in [1.29, 1.82) is 0 Å². The van der Waals surface area contributed by atoms with Crippen molar-refractivity contribution in [2.24, 2.45) is 5.10 Å². The Morgan fingerprint density at radius 2 is 1.37 bits per heavy atom. The Balaban J connectivity index is 1.62. The van der Waals surface area contributed by atoms with E-state index >= 15 is 0 Å². The standard InChI is InChI=1S/C32H46N2O4/c1-3-5-6-7-8-9-10-11-12-13-14-15-19-22-31(35)34-33-26-27-23-24-29(30(25-27)37-4-2)38-32(36)28-20-17-16-18-21-28/h16-18,20-21,23-26H,3-15,19,22H2,1-2H3,(H,34,35).